The third kappa shape index (κ3) is 2.19. The van der Waals surface area contributed by atoms with Crippen molar-refractivity contribution in [3.63, 3.8) is 0 Å². The van der Waals surface area contributed by atoms with Gasteiger partial charge in [-0.25, -0.2) is 4.39 Å². The van der Waals surface area contributed by atoms with Gasteiger partial charge in [-0.2, -0.15) is 0 Å². The maximum Gasteiger partial charge on any atom is 0.202 e. The van der Waals surface area contributed by atoms with Crippen LogP contribution in [0.4, 0.5) is 4.39 Å². The molecule has 2 rings (SSSR count). The minimum Gasteiger partial charge on any atom is -0.461 e. The predicted molar refractivity (Wildman–Crippen MR) is 57.9 cm³/mol. The van der Waals surface area contributed by atoms with Crippen LogP contribution in [-0.4, -0.2) is 5.78 Å². The molecular formula is C13H11FO2. The van der Waals surface area contributed by atoms with Crippen LogP contribution < -0.4 is 0 Å². The normalized spacial score (nSPS) is 10.4. The van der Waals surface area contributed by atoms with Gasteiger partial charge >= 0.3 is 0 Å². The van der Waals surface area contributed by atoms with Gasteiger partial charge in [0.2, 0.25) is 5.78 Å². The molecule has 0 fully saturated rings. The number of benzene rings is 1. The molecule has 16 heavy (non-hydrogen) atoms. The minimum absolute atomic E-state index is 0.140. The molecule has 0 radical (unpaired) electrons. The SMILES string of the molecule is Cc1ccc(F)cc1CC(=O)c1ccco1. The summed E-state index contributed by atoms with van der Waals surface area (Å²) in [6.45, 7) is 1.85. The van der Waals surface area contributed by atoms with Crippen molar-refractivity contribution < 1.29 is 13.6 Å². The summed E-state index contributed by atoms with van der Waals surface area (Å²) in [6, 6.07) is 7.70. The van der Waals surface area contributed by atoms with E-state index in [-0.39, 0.29) is 18.0 Å². The molecule has 82 valence electrons. The molecule has 0 aliphatic carbocycles. The standard InChI is InChI=1S/C13H11FO2/c1-9-4-5-11(14)7-10(9)8-12(15)13-3-2-6-16-13/h2-7H,8H2,1H3. The molecule has 1 aromatic carbocycles. The monoisotopic (exact) mass is 218 g/mol. The average Bonchev–Trinajstić information content (AvgIpc) is 2.76. The fraction of sp³-hybridized carbons (Fsp3) is 0.154. The molecule has 1 heterocycles. The maximum atomic E-state index is 13.0. The van der Waals surface area contributed by atoms with Gasteiger partial charge in [0, 0.05) is 6.42 Å². The van der Waals surface area contributed by atoms with E-state index in [9.17, 15) is 9.18 Å². The maximum absolute atomic E-state index is 13.0. The molecule has 0 spiro atoms. The van der Waals surface area contributed by atoms with E-state index in [0.29, 0.717) is 11.3 Å². The number of rotatable bonds is 3. The van der Waals surface area contributed by atoms with E-state index in [2.05, 4.69) is 0 Å². The first kappa shape index (κ1) is 10.6. The minimum atomic E-state index is -0.326. The quantitative estimate of drug-likeness (QED) is 0.741. The number of ketones is 1. The van der Waals surface area contributed by atoms with Crippen molar-refractivity contribution in [3.05, 3.63) is 59.3 Å². The average molecular weight is 218 g/mol. The van der Waals surface area contributed by atoms with Crippen molar-refractivity contribution in [1.82, 2.24) is 0 Å². The zero-order chi connectivity index (χ0) is 11.5. The summed E-state index contributed by atoms with van der Waals surface area (Å²) in [5.41, 5.74) is 1.60. The van der Waals surface area contributed by atoms with E-state index in [1.54, 1.807) is 18.2 Å². The number of furan rings is 1. The summed E-state index contributed by atoms with van der Waals surface area (Å²) in [7, 11) is 0. The van der Waals surface area contributed by atoms with Crippen molar-refractivity contribution in [2.24, 2.45) is 0 Å². The molecule has 0 saturated heterocycles. The zero-order valence-electron chi connectivity index (χ0n) is 8.87. The number of carbonyl (C=O) groups excluding carboxylic acids is 1. The Balaban J connectivity index is 2.21. The highest BCUT2D eigenvalue weighted by Gasteiger charge is 2.11. The van der Waals surface area contributed by atoms with E-state index in [4.69, 9.17) is 4.42 Å². The summed E-state index contributed by atoms with van der Waals surface area (Å²) in [4.78, 5) is 11.7. The number of halogens is 1. The number of carbonyl (C=O) groups is 1. The van der Waals surface area contributed by atoms with Gasteiger partial charge in [0.15, 0.2) is 5.76 Å². The largest absolute Gasteiger partial charge is 0.461 e. The van der Waals surface area contributed by atoms with Crippen LogP contribution in [-0.2, 0) is 6.42 Å². The summed E-state index contributed by atoms with van der Waals surface area (Å²) < 4.78 is 18.0. The summed E-state index contributed by atoms with van der Waals surface area (Å²) >= 11 is 0. The lowest BCUT2D eigenvalue weighted by Gasteiger charge is -2.03. The van der Waals surface area contributed by atoms with E-state index in [0.717, 1.165) is 5.56 Å². The predicted octanol–water partition coefficient (Wildman–Crippen LogP) is 3.15. The fourth-order valence-corrected chi connectivity index (χ4v) is 1.53. The molecule has 0 saturated carbocycles. The molecule has 2 nitrogen and oxygen atoms in total. The fourth-order valence-electron chi connectivity index (χ4n) is 1.53. The van der Waals surface area contributed by atoms with Crippen LogP contribution in [0.25, 0.3) is 0 Å². The molecule has 0 amide bonds. The Bertz CT molecular complexity index is 501. The third-order valence-corrected chi connectivity index (χ3v) is 2.46. The van der Waals surface area contributed by atoms with Gasteiger partial charge in [0.25, 0.3) is 0 Å². The van der Waals surface area contributed by atoms with Crippen LogP contribution in [0.15, 0.2) is 41.0 Å². The molecule has 0 aliphatic heterocycles. The van der Waals surface area contributed by atoms with Crippen LogP contribution in [0.3, 0.4) is 0 Å². The zero-order valence-corrected chi connectivity index (χ0v) is 8.87. The van der Waals surface area contributed by atoms with Crippen LogP contribution in [0.5, 0.6) is 0 Å². The number of hydrogen-bond donors (Lipinski definition) is 0. The number of hydrogen-bond acceptors (Lipinski definition) is 2. The van der Waals surface area contributed by atoms with Crippen LogP contribution in [0.2, 0.25) is 0 Å². The van der Waals surface area contributed by atoms with E-state index in [1.165, 1.54) is 18.4 Å². The topological polar surface area (TPSA) is 30.2 Å². The Morgan fingerprint density at radius 1 is 1.38 bits per heavy atom. The summed E-state index contributed by atoms with van der Waals surface area (Å²) in [5.74, 6) is -0.157. The van der Waals surface area contributed by atoms with Gasteiger partial charge in [-0.1, -0.05) is 6.07 Å². The molecule has 0 atom stereocenters. The lowest BCUT2D eigenvalue weighted by molar-refractivity contribution is 0.0966. The number of Topliss-reactive ketones (excluding diaryl/α,β-unsaturated/α-hetero) is 1. The van der Waals surface area contributed by atoms with E-state index in [1.807, 2.05) is 6.92 Å². The second-order valence-corrected chi connectivity index (χ2v) is 3.65. The highest BCUT2D eigenvalue weighted by Crippen LogP contribution is 2.14. The summed E-state index contributed by atoms with van der Waals surface area (Å²) in [5, 5.41) is 0. The van der Waals surface area contributed by atoms with Gasteiger partial charge < -0.3 is 4.42 Å². The molecule has 1 aromatic heterocycles. The molecule has 3 heteroatoms. The molecule has 0 N–H and O–H groups in total. The lowest BCUT2D eigenvalue weighted by atomic mass is 10.0. The van der Waals surface area contributed by atoms with Crippen LogP contribution in [0.1, 0.15) is 21.7 Å². The molecular weight excluding hydrogens is 207 g/mol. The second kappa shape index (κ2) is 4.31. The van der Waals surface area contributed by atoms with Gasteiger partial charge in [0.05, 0.1) is 6.26 Å². The number of aryl methyl sites for hydroxylation is 1. The van der Waals surface area contributed by atoms with Crippen molar-refractivity contribution in [3.8, 4) is 0 Å². The second-order valence-electron chi connectivity index (χ2n) is 3.65. The smallest absolute Gasteiger partial charge is 0.202 e. The van der Waals surface area contributed by atoms with Crippen molar-refractivity contribution in [1.29, 1.82) is 0 Å². The van der Waals surface area contributed by atoms with Crippen LogP contribution in [0, 0.1) is 12.7 Å². The third-order valence-electron chi connectivity index (χ3n) is 2.46. The van der Waals surface area contributed by atoms with Crippen molar-refractivity contribution in [2.45, 2.75) is 13.3 Å². The van der Waals surface area contributed by atoms with Gasteiger partial charge in [-0.3, -0.25) is 4.79 Å². The van der Waals surface area contributed by atoms with Gasteiger partial charge in [-0.05, 0) is 42.3 Å². The summed E-state index contributed by atoms with van der Waals surface area (Å²) in [6.07, 6.45) is 1.61. The molecule has 2 aromatic rings. The first-order valence-electron chi connectivity index (χ1n) is 4.98. The Morgan fingerprint density at radius 2 is 2.19 bits per heavy atom. The van der Waals surface area contributed by atoms with Crippen LogP contribution >= 0.6 is 0 Å². The Hall–Kier alpha value is -1.90. The van der Waals surface area contributed by atoms with E-state index < -0.39 is 0 Å². The molecule has 0 unspecified atom stereocenters. The first-order chi connectivity index (χ1) is 7.66. The van der Waals surface area contributed by atoms with Gasteiger partial charge in [0.1, 0.15) is 5.82 Å². The first-order valence-corrected chi connectivity index (χ1v) is 4.98. The highest BCUT2D eigenvalue weighted by atomic mass is 19.1. The molecule has 0 bridgehead atoms. The highest BCUT2D eigenvalue weighted by molar-refractivity contribution is 5.95. The Kier molecular flexibility index (Phi) is 2.86. The Labute approximate surface area is 92.7 Å². The Morgan fingerprint density at radius 3 is 2.88 bits per heavy atom. The van der Waals surface area contributed by atoms with Gasteiger partial charge in [-0.15, -0.1) is 0 Å². The van der Waals surface area contributed by atoms with Crippen molar-refractivity contribution in [2.75, 3.05) is 0 Å². The molecule has 0 aliphatic rings. The van der Waals surface area contributed by atoms with E-state index >= 15 is 0 Å². The van der Waals surface area contributed by atoms with Crippen molar-refractivity contribution >= 4 is 5.78 Å². The lowest BCUT2D eigenvalue weighted by Crippen LogP contribution is -2.04.